The molecule has 2 rings (SSSR count). The Morgan fingerprint density at radius 1 is 1.13 bits per heavy atom. The molecule has 15 heavy (non-hydrogen) atoms. The lowest BCUT2D eigenvalue weighted by Crippen LogP contribution is -2.43. The molecule has 0 aromatic heterocycles. The van der Waals surface area contributed by atoms with E-state index in [9.17, 15) is 0 Å². The Hall–Kier alpha value is -0.0400. The maximum absolute atomic E-state index is 3.61. The van der Waals surface area contributed by atoms with Crippen molar-refractivity contribution in [3.8, 4) is 0 Å². The molecule has 2 saturated carbocycles. The first-order chi connectivity index (χ1) is 7.20. The molecule has 0 unspecified atom stereocenters. The zero-order valence-corrected chi connectivity index (χ0v) is 10.5. The van der Waals surface area contributed by atoms with Gasteiger partial charge in [-0.15, -0.1) is 0 Å². The number of rotatable bonds is 4. The Kier molecular flexibility index (Phi) is 3.71. The molecule has 0 bridgehead atoms. The first-order valence-electron chi connectivity index (χ1n) is 6.91. The van der Waals surface area contributed by atoms with Gasteiger partial charge in [0.15, 0.2) is 0 Å². The van der Waals surface area contributed by atoms with E-state index in [-0.39, 0.29) is 0 Å². The van der Waals surface area contributed by atoms with Crippen LogP contribution in [0.1, 0.15) is 58.8 Å². The third-order valence-electron chi connectivity index (χ3n) is 4.34. The minimum Gasteiger partial charge on any atom is -0.316 e. The van der Waals surface area contributed by atoms with Crippen molar-refractivity contribution in [1.82, 2.24) is 5.32 Å². The van der Waals surface area contributed by atoms with Gasteiger partial charge in [0.2, 0.25) is 0 Å². The van der Waals surface area contributed by atoms with Gasteiger partial charge < -0.3 is 5.32 Å². The van der Waals surface area contributed by atoms with E-state index in [2.05, 4.69) is 19.2 Å². The molecule has 1 nitrogen and oxygen atoms in total. The van der Waals surface area contributed by atoms with Gasteiger partial charge in [0.1, 0.15) is 0 Å². The van der Waals surface area contributed by atoms with Crippen LogP contribution in [0.5, 0.6) is 0 Å². The Bertz CT molecular complexity index is 184. The highest BCUT2D eigenvalue weighted by Gasteiger charge is 2.43. The van der Waals surface area contributed by atoms with Crippen molar-refractivity contribution < 1.29 is 0 Å². The van der Waals surface area contributed by atoms with Crippen molar-refractivity contribution >= 4 is 0 Å². The normalized spacial score (nSPS) is 25.8. The maximum Gasteiger partial charge on any atom is -0.00200 e. The summed E-state index contributed by atoms with van der Waals surface area (Å²) >= 11 is 0. The molecule has 2 fully saturated rings. The predicted octanol–water partition coefficient (Wildman–Crippen LogP) is 3.59. The molecule has 88 valence electrons. The highest BCUT2D eigenvalue weighted by Crippen LogP contribution is 2.54. The quantitative estimate of drug-likeness (QED) is 0.746. The van der Waals surface area contributed by atoms with Gasteiger partial charge in [0.25, 0.3) is 0 Å². The highest BCUT2D eigenvalue weighted by molar-refractivity contribution is 4.95. The summed E-state index contributed by atoms with van der Waals surface area (Å²) in [6.07, 6.45) is 10.6. The zero-order chi connectivity index (χ0) is 10.7. The van der Waals surface area contributed by atoms with E-state index in [1.165, 1.54) is 58.0 Å². The van der Waals surface area contributed by atoms with Gasteiger partial charge in [-0.2, -0.15) is 0 Å². The van der Waals surface area contributed by atoms with Crippen LogP contribution in [-0.2, 0) is 0 Å². The van der Waals surface area contributed by atoms with E-state index in [1.807, 2.05) is 0 Å². The van der Waals surface area contributed by atoms with Gasteiger partial charge in [-0.3, -0.25) is 0 Å². The van der Waals surface area contributed by atoms with Gasteiger partial charge in [0.05, 0.1) is 0 Å². The SMILES string of the molecule is CC(C)CNCC1CC2(CCCCC2)C1. The summed E-state index contributed by atoms with van der Waals surface area (Å²) in [6.45, 7) is 7.05. The molecule has 0 aromatic carbocycles. The molecule has 0 radical (unpaired) electrons. The standard InChI is InChI=1S/C14H27N/c1-12(2)10-15-11-13-8-14(9-13)6-4-3-5-7-14/h12-13,15H,3-11H2,1-2H3. The summed E-state index contributed by atoms with van der Waals surface area (Å²) in [5, 5.41) is 3.61. The van der Waals surface area contributed by atoms with Gasteiger partial charge >= 0.3 is 0 Å². The highest BCUT2D eigenvalue weighted by atomic mass is 14.9. The lowest BCUT2D eigenvalue weighted by atomic mass is 9.56. The van der Waals surface area contributed by atoms with Gasteiger partial charge in [-0.05, 0) is 56.0 Å². The largest absolute Gasteiger partial charge is 0.316 e. The fourth-order valence-electron chi connectivity index (χ4n) is 3.60. The van der Waals surface area contributed by atoms with Crippen molar-refractivity contribution in [1.29, 1.82) is 0 Å². The predicted molar refractivity (Wildman–Crippen MR) is 65.9 cm³/mol. The van der Waals surface area contributed by atoms with Crippen molar-refractivity contribution in [2.24, 2.45) is 17.3 Å². The second kappa shape index (κ2) is 4.86. The first-order valence-corrected chi connectivity index (χ1v) is 6.91. The molecule has 2 aliphatic carbocycles. The van der Waals surface area contributed by atoms with Crippen molar-refractivity contribution in [3.63, 3.8) is 0 Å². The summed E-state index contributed by atoms with van der Waals surface area (Å²) in [7, 11) is 0. The second-order valence-corrected chi connectivity index (χ2v) is 6.39. The summed E-state index contributed by atoms with van der Waals surface area (Å²) in [5.41, 5.74) is 0.822. The van der Waals surface area contributed by atoms with E-state index in [0.29, 0.717) is 0 Å². The second-order valence-electron chi connectivity index (χ2n) is 6.39. The van der Waals surface area contributed by atoms with Gasteiger partial charge in [-0.25, -0.2) is 0 Å². The fourth-order valence-corrected chi connectivity index (χ4v) is 3.60. The van der Waals surface area contributed by atoms with E-state index >= 15 is 0 Å². The summed E-state index contributed by atoms with van der Waals surface area (Å²) in [6, 6.07) is 0. The van der Waals surface area contributed by atoms with Crippen LogP contribution in [0, 0.1) is 17.3 Å². The van der Waals surface area contributed by atoms with Crippen LogP contribution in [0.4, 0.5) is 0 Å². The van der Waals surface area contributed by atoms with E-state index in [0.717, 1.165) is 17.3 Å². The lowest BCUT2D eigenvalue weighted by Gasteiger charge is -2.50. The van der Waals surface area contributed by atoms with Crippen LogP contribution in [0.2, 0.25) is 0 Å². The maximum atomic E-state index is 3.61. The number of hydrogen-bond acceptors (Lipinski definition) is 1. The Morgan fingerprint density at radius 3 is 2.40 bits per heavy atom. The van der Waals surface area contributed by atoms with Crippen molar-refractivity contribution in [2.45, 2.75) is 58.8 Å². The number of hydrogen-bond donors (Lipinski definition) is 1. The van der Waals surface area contributed by atoms with Crippen LogP contribution < -0.4 is 5.32 Å². The Labute approximate surface area is 95.0 Å². The molecule has 0 aliphatic heterocycles. The molecular weight excluding hydrogens is 182 g/mol. The third kappa shape index (κ3) is 2.96. The molecule has 0 heterocycles. The molecule has 1 heteroatoms. The van der Waals surface area contributed by atoms with Crippen molar-refractivity contribution in [2.75, 3.05) is 13.1 Å². The van der Waals surface area contributed by atoms with Gasteiger partial charge in [-0.1, -0.05) is 33.1 Å². The average Bonchev–Trinajstić information content (AvgIpc) is 2.16. The molecule has 0 atom stereocenters. The fraction of sp³-hybridized carbons (Fsp3) is 1.00. The van der Waals surface area contributed by atoms with Crippen LogP contribution in [0.3, 0.4) is 0 Å². The smallest absolute Gasteiger partial charge is 0.00200 e. The minimum absolute atomic E-state index is 0.800. The molecule has 1 N–H and O–H groups in total. The van der Waals surface area contributed by atoms with Crippen LogP contribution in [0.15, 0.2) is 0 Å². The molecule has 0 aromatic rings. The minimum atomic E-state index is 0.800. The molecule has 0 amide bonds. The molecular formula is C14H27N. The molecule has 2 aliphatic rings. The zero-order valence-electron chi connectivity index (χ0n) is 10.5. The van der Waals surface area contributed by atoms with Gasteiger partial charge in [0, 0.05) is 0 Å². The monoisotopic (exact) mass is 209 g/mol. The molecule has 1 spiro atoms. The summed E-state index contributed by atoms with van der Waals surface area (Å²) in [5.74, 6) is 1.80. The van der Waals surface area contributed by atoms with E-state index < -0.39 is 0 Å². The summed E-state index contributed by atoms with van der Waals surface area (Å²) < 4.78 is 0. The lowest BCUT2D eigenvalue weighted by molar-refractivity contribution is 0.0152. The van der Waals surface area contributed by atoms with Crippen molar-refractivity contribution in [3.05, 3.63) is 0 Å². The van der Waals surface area contributed by atoms with Crippen LogP contribution in [-0.4, -0.2) is 13.1 Å². The molecule has 0 saturated heterocycles. The Balaban J connectivity index is 1.60. The Morgan fingerprint density at radius 2 is 1.80 bits per heavy atom. The third-order valence-corrected chi connectivity index (χ3v) is 4.34. The topological polar surface area (TPSA) is 12.0 Å². The summed E-state index contributed by atoms with van der Waals surface area (Å²) in [4.78, 5) is 0. The van der Waals surface area contributed by atoms with Crippen LogP contribution in [0.25, 0.3) is 0 Å². The number of nitrogens with one attached hydrogen (secondary N) is 1. The van der Waals surface area contributed by atoms with Crippen LogP contribution >= 0.6 is 0 Å². The van der Waals surface area contributed by atoms with E-state index in [4.69, 9.17) is 0 Å². The average molecular weight is 209 g/mol. The van der Waals surface area contributed by atoms with E-state index in [1.54, 1.807) is 0 Å². The first kappa shape index (κ1) is 11.4.